The molecule has 0 radical (unpaired) electrons. The zero-order chi connectivity index (χ0) is 13.5. The van der Waals surface area contributed by atoms with Crippen molar-refractivity contribution in [1.82, 2.24) is 4.90 Å². The van der Waals surface area contributed by atoms with Crippen LogP contribution in [0.4, 0.5) is 0 Å². The minimum atomic E-state index is -0.368. The number of esters is 1. The van der Waals surface area contributed by atoms with Gasteiger partial charge in [-0.25, -0.2) is 0 Å². The van der Waals surface area contributed by atoms with Crippen LogP contribution in [0.15, 0.2) is 12.2 Å². The molecule has 0 saturated carbocycles. The Kier molecular flexibility index (Phi) is 5.55. The Morgan fingerprint density at radius 1 is 1.22 bits per heavy atom. The van der Waals surface area contributed by atoms with Crippen LogP contribution in [0.2, 0.25) is 0 Å². The molecular formula is C13H19NO4. The molecule has 0 saturated heterocycles. The molecule has 18 heavy (non-hydrogen) atoms. The lowest BCUT2D eigenvalue weighted by Gasteiger charge is -2.15. The quantitative estimate of drug-likeness (QED) is 0.506. The van der Waals surface area contributed by atoms with Crippen molar-refractivity contribution in [1.29, 1.82) is 0 Å². The lowest BCUT2D eigenvalue weighted by molar-refractivity contribution is -0.146. The molecule has 0 spiro atoms. The Morgan fingerprint density at radius 3 is 2.28 bits per heavy atom. The highest BCUT2D eigenvalue weighted by molar-refractivity contribution is 6.12. The van der Waals surface area contributed by atoms with Gasteiger partial charge in [-0.05, 0) is 5.92 Å². The molecule has 2 amide bonds. The van der Waals surface area contributed by atoms with Crippen LogP contribution < -0.4 is 0 Å². The maximum atomic E-state index is 11.5. The lowest BCUT2D eigenvalue weighted by atomic mass is 10.1. The van der Waals surface area contributed by atoms with Crippen LogP contribution in [0.1, 0.15) is 33.1 Å². The third kappa shape index (κ3) is 3.98. The summed E-state index contributed by atoms with van der Waals surface area (Å²) in [4.78, 5) is 34.9. The van der Waals surface area contributed by atoms with E-state index in [1.54, 1.807) is 0 Å². The molecule has 100 valence electrons. The summed E-state index contributed by atoms with van der Waals surface area (Å²) in [5.74, 6) is -0.722. The summed E-state index contributed by atoms with van der Waals surface area (Å²) in [5.41, 5.74) is 0. The lowest BCUT2D eigenvalue weighted by Crippen LogP contribution is -2.32. The van der Waals surface area contributed by atoms with Crippen LogP contribution in [-0.4, -0.2) is 35.8 Å². The second-order valence-corrected chi connectivity index (χ2v) is 4.28. The van der Waals surface area contributed by atoms with Crippen LogP contribution in [0.5, 0.6) is 0 Å². The average molecular weight is 253 g/mol. The number of rotatable bonds is 7. The first-order valence-corrected chi connectivity index (χ1v) is 6.27. The molecule has 1 aliphatic heterocycles. The van der Waals surface area contributed by atoms with Gasteiger partial charge >= 0.3 is 5.97 Å². The Balaban J connectivity index is 2.25. The summed E-state index contributed by atoms with van der Waals surface area (Å²) in [7, 11) is 0. The van der Waals surface area contributed by atoms with E-state index >= 15 is 0 Å². The Hall–Kier alpha value is -1.65. The van der Waals surface area contributed by atoms with Gasteiger partial charge in [0, 0.05) is 18.7 Å². The van der Waals surface area contributed by atoms with E-state index in [-0.39, 0.29) is 30.7 Å². The van der Waals surface area contributed by atoms with E-state index in [1.165, 1.54) is 12.2 Å². The molecule has 0 unspecified atom stereocenters. The number of amides is 2. The predicted octanol–water partition coefficient (Wildman–Crippen LogP) is 1.28. The van der Waals surface area contributed by atoms with Crippen molar-refractivity contribution in [2.75, 3.05) is 13.2 Å². The van der Waals surface area contributed by atoms with Crippen LogP contribution >= 0.6 is 0 Å². The van der Waals surface area contributed by atoms with Gasteiger partial charge in [0.15, 0.2) is 0 Å². The smallest absolute Gasteiger partial charge is 0.307 e. The van der Waals surface area contributed by atoms with Gasteiger partial charge in [-0.1, -0.05) is 26.7 Å². The van der Waals surface area contributed by atoms with Crippen molar-refractivity contribution in [2.45, 2.75) is 33.1 Å². The SMILES string of the molecule is CCC(CC)COC(=O)CCN1C(=O)C=CC1=O. The highest BCUT2D eigenvalue weighted by atomic mass is 16.5. The third-order valence-electron chi connectivity index (χ3n) is 3.07. The Morgan fingerprint density at radius 2 is 1.78 bits per heavy atom. The van der Waals surface area contributed by atoms with E-state index < -0.39 is 0 Å². The second kappa shape index (κ2) is 6.93. The van der Waals surface area contributed by atoms with E-state index in [2.05, 4.69) is 13.8 Å². The highest BCUT2D eigenvalue weighted by Gasteiger charge is 2.23. The van der Waals surface area contributed by atoms with Crippen molar-refractivity contribution in [2.24, 2.45) is 5.92 Å². The van der Waals surface area contributed by atoms with E-state index in [0.717, 1.165) is 17.7 Å². The van der Waals surface area contributed by atoms with Gasteiger partial charge < -0.3 is 4.74 Å². The molecular weight excluding hydrogens is 234 g/mol. The molecule has 0 atom stereocenters. The van der Waals surface area contributed by atoms with Crippen molar-refractivity contribution in [3.8, 4) is 0 Å². The van der Waals surface area contributed by atoms with Crippen LogP contribution in [0.3, 0.4) is 0 Å². The standard InChI is InChI=1S/C13H19NO4/c1-3-10(4-2)9-18-13(17)7-8-14-11(15)5-6-12(14)16/h5-6,10H,3-4,7-9H2,1-2H3. The van der Waals surface area contributed by atoms with Crippen molar-refractivity contribution in [3.05, 3.63) is 12.2 Å². The van der Waals surface area contributed by atoms with Gasteiger partial charge in [-0.15, -0.1) is 0 Å². The minimum absolute atomic E-state index is 0.0549. The van der Waals surface area contributed by atoms with Crippen LogP contribution in [0, 0.1) is 5.92 Å². The zero-order valence-corrected chi connectivity index (χ0v) is 10.8. The zero-order valence-electron chi connectivity index (χ0n) is 10.8. The van der Waals surface area contributed by atoms with E-state index in [1.807, 2.05) is 0 Å². The average Bonchev–Trinajstić information content (AvgIpc) is 2.68. The molecule has 0 fully saturated rings. The molecule has 0 N–H and O–H groups in total. The largest absolute Gasteiger partial charge is 0.465 e. The van der Waals surface area contributed by atoms with Crippen LogP contribution in [0.25, 0.3) is 0 Å². The van der Waals surface area contributed by atoms with E-state index in [4.69, 9.17) is 4.74 Å². The molecule has 5 nitrogen and oxygen atoms in total. The number of hydrogen-bond donors (Lipinski definition) is 0. The maximum Gasteiger partial charge on any atom is 0.307 e. The van der Waals surface area contributed by atoms with Gasteiger partial charge in [0.25, 0.3) is 11.8 Å². The second-order valence-electron chi connectivity index (χ2n) is 4.28. The minimum Gasteiger partial charge on any atom is -0.465 e. The Bertz CT molecular complexity index is 340. The fourth-order valence-corrected chi connectivity index (χ4v) is 1.66. The van der Waals surface area contributed by atoms with Gasteiger partial charge in [0.1, 0.15) is 0 Å². The molecule has 1 aliphatic rings. The molecule has 0 aromatic carbocycles. The fraction of sp³-hybridized carbons (Fsp3) is 0.615. The Labute approximate surface area is 107 Å². The van der Waals surface area contributed by atoms with Gasteiger partial charge in [-0.2, -0.15) is 0 Å². The molecule has 1 heterocycles. The van der Waals surface area contributed by atoms with Crippen molar-refractivity contribution < 1.29 is 19.1 Å². The number of carbonyl (C=O) groups is 3. The molecule has 0 aliphatic carbocycles. The first-order valence-electron chi connectivity index (χ1n) is 6.27. The first-order chi connectivity index (χ1) is 8.58. The van der Waals surface area contributed by atoms with Gasteiger partial charge in [-0.3, -0.25) is 19.3 Å². The number of carbonyl (C=O) groups excluding carboxylic acids is 3. The number of nitrogens with zero attached hydrogens (tertiary/aromatic N) is 1. The first kappa shape index (κ1) is 14.4. The van der Waals surface area contributed by atoms with Crippen molar-refractivity contribution >= 4 is 17.8 Å². The fourth-order valence-electron chi connectivity index (χ4n) is 1.66. The van der Waals surface area contributed by atoms with Gasteiger partial charge in [0.2, 0.25) is 0 Å². The summed E-state index contributed by atoms with van der Waals surface area (Å²) in [6.07, 6.45) is 4.41. The molecule has 0 aromatic heterocycles. The van der Waals surface area contributed by atoms with Gasteiger partial charge in [0.05, 0.1) is 13.0 Å². The predicted molar refractivity (Wildman–Crippen MR) is 65.5 cm³/mol. The normalized spacial score (nSPS) is 14.7. The number of imide groups is 1. The molecule has 1 rings (SSSR count). The van der Waals surface area contributed by atoms with E-state index in [9.17, 15) is 14.4 Å². The maximum absolute atomic E-state index is 11.5. The number of hydrogen-bond acceptors (Lipinski definition) is 4. The highest BCUT2D eigenvalue weighted by Crippen LogP contribution is 2.09. The molecule has 5 heteroatoms. The third-order valence-corrected chi connectivity index (χ3v) is 3.07. The van der Waals surface area contributed by atoms with E-state index in [0.29, 0.717) is 12.5 Å². The number of ether oxygens (including phenoxy) is 1. The topological polar surface area (TPSA) is 63.7 Å². The monoisotopic (exact) mass is 253 g/mol. The summed E-state index contributed by atoms with van der Waals surface area (Å²) in [6, 6.07) is 0. The molecule has 0 aromatic rings. The van der Waals surface area contributed by atoms with Crippen LogP contribution in [-0.2, 0) is 19.1 Å². The summed E-state index contributed by atoms with van der Waals surface area (Å²) in [6.45, 7) is 4.60. The summed E-state index contributed by atoms with van der Waals surface area (Å²) in [5, 5.41) is 0. The summed E-state index contributed by atoms with van der Waals surface area (Å²) < 4.78 is 5.11. The summed E-state index contributed by atoms with van der Waals surface area (Å²) >= 11 is 0. The van der Waals surface area contributed by atoms with Crippen molar-refractivity contribution in [3.63, 3.8) is 0 Å². The molecule has 0 bridgehead atoms.